The number of hydrogen-bond donors (Lipinski definition) is 1. The number of rotatable bonds is 3. The highest BCUT2D eigenvalue weighted by Gasteiger charge is 2.10. The number of nitrogens with zero attached hydrogens (tertiary/aromatic N) is 2. The number of nitriles is 1. The van der Waals surface area contributed by atoms with Crippen LogP contribution in [0.4, 0.5) is 17.1 Å². The lowest BCUT2D eigenvalue weighted by Gasteiger charge is -2.28. The zero-order valence-electron chi connectivity index (χ0n) is 12.0. The molecule has 21 heavy (non-hydrogen) atoms. The summed E-state index contributed by atoms with van der Waals surface area (Å²) in [6, 6.07) is 18.2. The second-order valence-electron chi connectivity index (χ2n) is 5.41. The van der Waals surface area contributed by atoms with Crippen LogP contribution >= 0.6 is 0 Å². The fourth-order valence-corrected chi connectivity index (χ4v) is 2.74. The fraction of sp³-hybridized carbons (Fsp3) is 0.278. The molecule has 0 spiro atoms. The third-order valence-corrected chi connectivity index (χ3v) is 3.87. The van der Waals surface area contributed by atoms with Gasteiger partial charge in [-0.05, 0) is 61.7 Å². The molecule has 1 heterocycles. The van der Waals surface area contributed by atoms with Gasteiger partial charge in [-0.1, -0.05) is 6.07 Å². The normalized spacial score (nSPS) is 14.5. The average Bonchev–Trinajstić information content (AvgIpc) is 2.56. The van der Waals surface area contributed by atoms with E-state index < -0.39 is 0 Å². The Morgan fingerprint density at radius 2 is 1.67 bits per heavy atom. The summed E-state index contributed by atoms with van der Waals surface area (Å²) in [6.07, 6.45) is 3.94. The van der Waals surface area contributed by atoms with Gasteiger partial charge in [-0.15, -0.1) is 0 Å². The summed E-state index contributed by atoms with van der Waals surface area (Å²) in [5, 5.41) is 12.3. The molecule has 0 saturated carbocycles. The van der Waals surface area contributed by atoms with E-state index in [1.807, 2.05) is 24.3 Å². The van der Waals surface area contributed by atoms with Gasteiger partial charge in [0.2, 0.25) is 0 Å². The van der Waals surface area contributed by atoms with Crippen LogP contribution in [0.1, 0.15) is 24.8 Å². The number of piperidine rings is 1. The van der Waals surface area contributed by atoms with E-state index in [9.17, 15) is 0 Å². The van der Waals surface area contributed by atoms with Crippen molar-refractivity contribution in [2.45, 2.75) is 19.3 Å². The molecular weight excluding hydrogens is 258 g/mol. The quantitative estimate of drug-likeness (QED) is 0.909. The highest BCUT2D eigenvalue weighted by Crippen LogP contribution is 2.23. The Bertz CT molecular complexity index is 634. The zero-order chi connectivity index (χ0) is 14.5. The Morgan fingerprint density at radius 3 is 2.38 bits per heavy atom. The van der Waals surface area contributed by atoms with Crippen molar-refractivity contribution in [3.05, 3.63) is 54.1 Å². The molecule has 106 valence electrons. The zero-order valence-corrected chi connectivity index (χ0v) is 12.0. The minimum absolute atomic E-state index is 0.671. The molecule has 3 heteroatoms. The van der Waals surface area contributed by atoms with E-state index in [4.69, 9.17) is 5.26 Å². The molecule has 3 rings (SSSR count). The molecule has 0 unspecified atom stereocenters. The molecule has 2 aromatic carbocycles. The lowest BCUT2D eigenvalue weighted by atomic mass is 10.1. The smallest absolute Gasteiger partial charge is 0.0992 e. The van der Waals surface area contributed by atoms with Crippen LogP contribution in [0.3, 0.4) is 0 Å². The standard InChI is InChI=1S/C18H19N3/c19-14-15-5-4-6-17(13-15)20-16-7-9-18(10-8-16)21-11-2-1-3-12-21/h4-10,13,20H,1-3,11-12H2. The first-order chi connectivity index (χ1) is 10.3. The predicted molar refractivity (Wildman–Crippen MR) is 86.9 cm³/mol. The van der Waals surface area contributed by atoms with Gasteiger partial charge in [0.05, 0.1) is 11.6 Å². The molecule has 3 nitrogen and oxygen atoms in total. The van der Waals surface area contributed by atoms with Crippen molar-refractivity contribution in [1.82, 2.24) is 0 Å². The molecule has 0 bridgehead atoms. The monoisotopic (exact) mass is 277 g/mol. The molecule has 0 radical (unpaired) electrons. The van der Waals surface area contributed by atoms with Crippen LogP contribution in [-0.4, -0.2) is 13.1 Å². The molecule has 0 amide bonds. The van der Waals surface area contributed by atoms with E-state index in [0.717, 1.165) is 24.5 Å². The van der Waals surface area contributed by atoms with Crippen molar-refractivity contribution in [2.24, 2.45) is 0 Å². The van der Waals surface area contributed by atoms with Gasteiger partial charge in [0.15, 0.2) is 0 Å². The summed E-state index contributed by atoms with van der Waals surface area (Å²) in [5.41, 5.74) is 3.96. The highest BCUT2D eigenvalue weighted by molar-refractivity contribution is 5.64. The highest BCUT2D eigenvalue weighted by atomic mass is 15.1. The third-order valence-electron chi connectivity index (χ3n) is 3.87. The molecule has 1 aliphatic rings. The van der Waals surface area contributed by atoms with E-state index in [1.165, 1.54) is 24.9 Å². The number of anilines is 3. The summed E-state index contributed by atoms with van der Waals surface area (Å²) in [5.74, 6) is 0. The Balaban J connectivity index is 1.70. The molecule has 1 N–H and O–H groups in total. The third kappa shape index (κ3) is 3.35. The summed E-state index contributed by atoms with van der Waals surface area (Å²) >= 11 is 0. The second kappa shape index (κ2) is 6.32. The summed E-state index contributed by atoms with van der Waals surface area (Å²) in [7, 11) is 0. The lowest BCUT2D eigenvalue weighted by Crippen LogP contribution is -2.29. The van der Waals surface area contributed by atoms with Crippen molar-refractivity contribution in [3.8, 4) is 6.07 Å². The van der Waals surface area contributed by atoms with Crippen LogP contribution in [0.15, 0.2) is 48.5 Å². The maximum atomic E-state index is 8.93. The minimum Gasteiger partial charge on any atom is -0.372 e. The molecule has 1 saturated heterocycles. The van der Waals surface area contributed by atoms with E-state index in [2.05, 4.69) is 40.6 Å². The van der Waals surface area contributed by atoms with E-state index in [1.54, 1.807) is 0 Å². The minimum atomic E-state index is 0.671. The molecule has 0 atom stereocenters. The summed E-state index contributed by atoms with van der Waals surface area (Å²) in [4.78, 5) is 2.45. The van der Waals surface area contributed by atoms with Crippen molar-refractivity contribution in [3.63, 3.8) is 0 Å². The summed E-state index contributed by atoms with van der Waals surface area (Å²) < 4.78 is 0. The van der Waals surface area contributed by atoms with Crippen LogP contribution in [0, 0.1) is 11.3 Å². The second-order valence-corrected chi connectivity index (χ2v) is 5.41. The van der Waals surface area contributed by atoms with E-state index >= 15 is 0 Å². The topological polar surface area (TPSA) is 39.1 Å². The van der Waals surface area contributed by atoms with Gasteiger partial charge in [-0.2, -0.15) is 5.26 Å². The Kier molecular flexibility index (Phi) is 4.07. The van der Waals surface area contributed by atoms with Gasteiger partial charge in [0, 0.05) is 30.2 Å². The van der Waals surface area contributed by atoms with Crippen LogP contribution < -0.4 is 10.2 Å². The lowest BCUT2D eigenvalue weighted by molar-refractivity contribution is 0.578. The number of nitrogens with one attached hydrogen (secondary N) is 1. The Morgan fingerprint density at radius 1 is 0.905 bits per heavy atom. The molecular formula is C18H19N3. The van der Waals surface area contributed by atoms with Gasteiger partial charge in [-0.3, -0.25) is 0 Å². The SMILES string of the molecule is N#Cc1cccc(Nc2ccc(N3CCCCC3)cc2)c1. The maximum Gasteiger partial charge on any atom is 0.0992 e. The van der Waals surface area contributed by atoms with Gasteiger partial charge >= 0.3 is 0 Å². The number of hydrogen-bond acceptors (Lipinski definition) is 3. The van der Waals surface area contributed by atoms with Crippen LogP contribution in [0.2, 0.25) is 0 Å². The van der Waals surface area contributed by atoms with Crippen molar-refractivity contribution in [2.75, 3.05) is 23.3 Å². The molecule has 1 aliphatic heterocycles. The van der Waals surface area contributed by atoms with Crippen molar-refractivity contribution in [1.29, 1.82) is 5.26 Å². The Labute approximate surface area is 125 Å². The maximum absolute atomic E-state index is 8.93. The molecule has 2 aromatic rings. The number of benzene rings is 2. The predicted octanol–water partition coefficient (Wildman–Crippen LogP) is 4.29. The van der Waals surface area contributed by atoms with Gasteiger partial charge in [0.1, 0.15) is 0 Å². The first kappa shape index (κ1) is 13.5. The molecule has 0 aliphatic carbocycles. The molecule has 0 aromatic heterocycles. The van der Waals surface area contributed by atoms with Gasteiger partial charge in [-0.25, -0.2) is 0 Å². The summed E-state index contributed by atoms with van der Waals surface area (Å²) in [6.45, 7) is 2.33. The van der Waals surface area contributed by atoms with Crippen LogP contribution in [0.5, 0.6) is 0 Å². The van der Waals surface area contributed by atoms with Crippen molar-refractivity contribution < 1.29 is 0 Å². The largest absolute Gasteiger partial charge is 0.372 e. The van der Waals surface area contributed by atoms with Crippen LogP contribution in [0.25, 0.3) is 0 Å². The van der Waals surface area contributed by atoms with Crippen molar-refractivity contribution >= 4 is 17.1 Å². The van der Waals surface area contributed by atoms with E-state index in [0.29, 0.717) is 5.56 Å². The van der Waals surface area contributed by atoms with Gasteiger partial charge < -0.3 is 10.2 Å². The Hall–Kier alpha value is -2.47. The first-order valence-corrected chi connectivity index (χ1v) is 7.47. The fourth-order valence-electron chi connectivity index (χ4n) is 2.74. The molecule has 1 fully saturated rings. The van der Waals surface area contributed by atoms with Gasteiger partial charge in [0.25, 0.3) is 0 Å². The average molecular weight is 277 g/mol. The first-order valence-electron chi connectivity index (χ1n) is 7.47. The van der Waals surface area contributed by atoms with Crippen LogP contribution in [-0.2, 0) is 0 Å². The van der Waals surface area contributed by atoms with E-state index in [-0.39, 0.29) is 0 Å².